The van der Waals surface area contributed by atoms with Crippen LogP contribution in [0.1, 0.15) is 47.9 Å². The Morgan fingerprint density at radius 1 is 0.867 bits per heavy atom. The predicted molar refractivity (Wildman–Crippen MR) is 122 cm³/mol. The Labute approximate surface area is 181 Å². The first-order valence-corrected chi connectivity index (χ1v) is 11.5. The molecule has 2 saturated heterocycles. The number of benzene rings is 2. The number of carbonyl (C=O) groups is 1. The summed E-state index contributed by atoms with van der Waals surface area (Å²) in [6, 6.07) is 17.4. The molecule has 1 amide bonds. The van der Waals surface area contributed by atoms with Gasteiger partial charge in [0.1, 0.15) is 0 Å². The number of nitrogens with zero attached hydrogens (tertiary/aromatic N) is 2. The van der Waals surface area contributed by atoms with Crippen molar-refractivity contribution in [3.05, 3.63) is 70.8 Å². The minimum Gasteiger partial charge on any atom is -0.352 e. The summed E-state index contributed by atoms with van der Waals surface area (Å²) < 4.78 is 0. The number of rotatable bonds is 7. The first kappa shape index (κ1) is 21.1. The van der Waals surface area contributed by atoms with E-state index in [9.17, 15) is 4.79 Å². The number of piperidine rings is 1. The fraction of sp³-hybridized carbons (Fsp3) is 0.500. The average molecular weight is 406 g/mol. The minimum atomic E-state index is 0.144. The van der Waals surface area contributed by atoms with Gasteiger partial charge in [-0.25, -0.2) is 0 Å². The quantitative estimate of drug-likeness (QED) is 0.753. The summed E-state index contributed by atoms with van der Waals surface area (Å²) in [4.78, 5) is 17.8. The Hall–Kier alpha value is -2.17. The van der Waals surface area contributed by atoms with Crippen LogP contribution in [0.2, 0.25) is 0 Å². The van der Waals surface area contributed by atoms with Crippen LogP contribution in [0.3, 0.4) is 0 Å². The summed E-state index contributed by atoms with van der Waals surface area (Å²) in [7, 11) is 0. The van der Waals surface area contributed by atoms with Crippen molar-refractivity contribution in [3.63, 3.8) is 0 Å². The summed E-state index contributed by atoms with van der Waals surface area (Å²) in [5.74, 6) is 0.367. The Bertz CT molecular complexity index is 818. The lowest BCUT2D eigenvalue weighted by atomic mass is 9.95. The SMILES string of the molecule is Cc1ccc(CN2CCC(C(=O)NCc3ccccc3CN3CCCC3)CC2)cc1. The van der Waals surface area contributed by atoms with Crippen LogP contribution in [0, 0.1) is 12.8 Å². The first-order chi connectivity index (χ1) is 14.7. The van der Waals surface area contributed by atoms with Gasteiger partial charge in [0, 0.05) is 25.6 Å². The number of aryl methyl sites for hydroxylation is 1. The zero-order valence-corrected chi connectivity index (χ0v) is 18.3. The molecule has 0 atom stereocenters. The summed E-state index contributed by atoms with van der Waals surface area (Å²) in [6.07, 6.45) is 4.52. The van der Waals surface area contributed by atoms with E-state index in [2.05, 4.69) is 70.6 Å². The van der Waals surface area contributed by atoms with Crippen LogP contribution in [0.4, 0.5) is 0 Å². The van der Waals surface area contributed by atoms with Crippen molar-refractivity contribution in [2.75, 3.05) is 26.2 Å². The van der Waals surface area contributed by atoms with E-state index in [1.807, 2.05) is 0 Å². The van der Waals surface area contributed by atoms with E-state index < -0.39 is 0 Å². The van der Waals surface area contributed by atoms with E-state index in [4.69, 9.17) is 0 Å². The van der Waals surface area contributed by atoms with Crippen molar-refractivity contribution in [2.24, 2.45) is 5.92 Å². The number of hydrogen-bond acceptors (Lipinski definition) is 3. The molecule has 2 heterocycles. The predicted octanol–water partition coefficient (Wildman–Crippen LogP) is 4.12. The normalized spacial score (nSPS) is 18.6. The fourth-order valence-corrected chi connectivity index (χ4v) is 4.70. The van der Waals surface area contributed by atoms with Crippen LogP contribution in [-0.2, 0) is 24.4 Å². The highest BCUT2D eigenvalue weighted by molar-refractivity contribution is 5.78. The molecule has 160 valence electrons. The summed E-state index contributed by atoms with van der Waals surface area (Å²) in [5.41, 5.74) is 5.27. The van der Waals surface area contributed by atoms with E-state index in [-0.39, 0.29) is 11.8 Å². The largest absolute Gasteiger partial charge is 0.352 e. The Morgan fingerprint density at radius 3 is 2.20 bits per heavy atom. The molecule has 4 nitrogen and oxygen atoms in total. The van der Waals surface area contributed by atoms with Crippen LogP contribution in [0.25, 0.3) is 0 Å². The standard InChI is InChI=1S/C26H35N3O/c1-21-8-10-22(11-9-21)19-29-16-12-23(13-17-29)26(30)27-18-24-6-2-3-7-25(24)20-28-14-4-5-15-28/h2-3,6-11,23H,4-5,12-20H2,1H3,(H,27,30). The second-order valence-corrected chi connectivity index (χ2v) is 9.01. The molecule has 0 radical (unpaired) electrons. The molecule has 0 aliphatic carbocycles. The lowest BCUT2D eigenvalue weighted by Crippen LogP contribution is -2.40. The highest BCUT2D eigenvalue weighted by atomic mass is 16.1. The van der Waals surface area contributed by atoms with Gasteiger partial charge in [-0.2, -0.15) is 0 Å². The van der Waals surface area contributed by atoms with Gasteiger partial charge in [0.05, 0.1) is 0 Å². The minimum absolute atomic E-state index is 0.144. The van der Waals surface area contributed by atoms with Crippen molar-refractivity contribution < 1.29 is 4.79 Å². The maximum Gasteiger partial charge on any atom is 0.223 e. The number of carbonyl (C=O) groups excluding carboxylic acids is 1. The number of likely N-dealkylation sites (tertiary alicyclic amines) is 2. The van der Waals surface area contributed by atoms with Crippen LogP contribution in [-0.4, -0.2) is 41.9 Å². The van der Waals surface area contributed by atoms with E-state index >= 15 is 0 Å². The summed E-state index contributed by atoms with van der Waals surface area (Å²) in [6.45, 7) is 9.14. The monoisotopic (exact) mass is 405 g/mol. The van der Waals surface area contributed by atoms with Crippen LogP contribution in [0.5, 0.6) is 0 Å². The third kappa shape index (κ3) is 5.71. The van der Waals surface area contributed by atoms with Gasteiger partial charge < -0.3 is 5.32 Å². The molecule has 0 bridgehead atoms. The van der Waals surface area contributed by atoms with Crippen LogP contribution >= 0.6 is 0 Å². The lowest BCUT2D eigenvalue weighted by Gasteiger charge is -2.31. The molecular formula is C26H35N3O. The van der Waals surface area contributed by atoms with Crippen LogP contribution in [0.15, 0.2) is 48.5 Å². The van der Waals surface area contributed by atoms with Crippen molar-refractivity contribution in [3.8, 4) is 0 Å². The summed E-state index contributed by atoms with van der Waals surface area (Å²) >= 11 is 0. The number of nitrogens with one attached hydrogen (secondary N) is 1. The van der Waals surface area contributed by atoms with Crippen molar-refractivity contribution in [1.29, 1.82) is 0 Å². The van der Waals surface area contributed by atoms with Gasteiger partial charge in [-0.1, -0.05) is 54.1 Å². The van der Waals surface area contributed by atoms with Crippen molar-refractivity contribution >= 4 is 5.91 Å². The molecule has 2 aliphatic rings. The highest BCUT2D eigenvalue weighted by Crippen LogP contribution is 2.20. The molecule has 0 unspecified atom stereocenters. The number of amides is 1. The van der Waals surface area contributed by atoms with Crippen molar-refractivity contribution in [1.82, 2.24) is 15.1 Å². The van der Waals surface area contributed by atoms with E-state index in [1.54, 1.807) is 0 Å². The van der Waals surface area contributed by atoms with Crippen LogP contribution < -0.4 is 5.32 Å². The van der Waals surface area contributed by atoms with Gasteiger partial charge in [-0.15, -0.1) is 0 Å². The maximum atomic E-state index is 12.8. The topological polar surface area (TPSA) is 35.6 Å². The average Bonchev–Trinajstić information content (AvgIpc) is 3.28. The molecule has 4 heteroatoms. The molecule has 2 aromatic rings. The Kier molecular flexibility index (Phi) is 7.19. The van der Waals surface area contributed by atoms with Gasteiger partial charge >= 0.3 is 0 Å². The Balaban J connectivity index is 1.24. The zero-order chi connectivity index (χ0) is 20.8. The molecule has 2 fully saturated rings. The fourth-order valence-electron chi connectivity index (χ4n) is 4.70. The second kappa shape index (κ2) is 10.2. The summed E-state index contributed by atoms with van der Waals surface area (Å²) in [5, 5.41) is 3.23. The van der Waals surface area contributed by atoms with E-state index in [1.165, 1.54) is 48.2 Å². The first-order valence-electron chi connectivity index (χ1n) is 11.5. The molecule has 30 heavy (non-hydrogen) atoms. The van der Waals surface area contributed by atoms with E-state index in [0.29, 0.717) is 6.54 Å². The van der Waals surface area contributed by atoms with Gasteiger partial charge in [0.25, 0.3) is 0 Å². The van der Waals surface area contributed by atoms with E-state index in [0.717, 1.165) is 39.0 Å². The van der Waals surface area contributed by atoms with Crippen molar-refractivity contribution in [2.45, 2.75) is 52.2 Å². The third-order valence-electron chi connectivity index (χ3n) is 6.65. The lowest BCUT2D eigenvalue weighted by molar-refractivity contribution is -0.126. The molecule has 0 saturated carbocycles. The zero-order valence-electron chi connectivity index (χ0n) is 18.3. The number of hydrogen-bond donors (Lipinski definition) is 1. The van der Waals surface area contributed by atoms with Gasteiger partial charge in [-0.05, 0) is 75.5 Å². The van der Waals surface area contributed by atoms with Gasteiger partial charge in [0.15, 0.2) is 0 Å². The molecule has 2 aliphatic heterocycles. The molecule has 0 spiro atoms. The molecule has 1 N–H and O–H groups in total. The smallest absolute Gasteiger partial charge is 0.223 e. The molecule has 2 aromatic carbocycles. The molecular weight excluding hydrogens is 370 g/mol. The van der Waals surface area contributed by atoms with Gasteiger partial charge in [-0.3, -0.25) is 14.6 Å². The maximum absolute atomic E-state index is 12.8. The second-order valence-electron chi connectivity index (χ2n) is 9.01. The molecule has 4 rings (SSSR count). The highest BCUT2D eigenvalue weighted by Gasteiger charge is 2.25. The Morgan fingerprint density at radius 2 is 1.50 bits per heavy atom. The van der Waals surface area contributed by atoms with Gasteiger partial charge in [0.2, 0.25) is 5.91 Å². The third-order valence-corrected chi connectivity index (χ3v) is 6.65. The molecule has 0 aromatic heterocycles.